The third-order valence-electron chi connectivity index (χ3n) is 5.75. The van der Waals surface area contributed by atoms with Gasteiger partial charge in [0.15, 0.2) is 0 Å². The average molecular weight is 488 g/mol. The lowest BCUT2D eigenvalue weighted by molar-refractivity contribution is -0.138. The number of carbonyl (C=O) groups is 1. The molecule has 3 nitrogen and oxygen atoms in total. The van der Waals surface area contributed by atoms with Crippen LogP contribution in [0.3, 0.4) is 0 Å². The van der Waals surface area contributed by atoms with Crippen molar-refractivity contribution in [2.24, 2.45) is 0 Å². The van der Waals surface area contributed by atoms with E-state index in [0.29, 0.717) is 12.0 Å². The Morgan fingerprint density at radius 1 is 1.09 bits per heavy atom. The Hall–Kier alpha value is -2.93. The van der Waals surface area contributed by atoms with E-state index in [0.717, 1.165) is 62.8 Å². The van der Waals surface area contributed by atoms with Crippen LogP contribution in [0.5, 0.6) is 0 Å². The number of hydrogen-bond donors (Lipinski definition) is 1. The largest absolute Gasteiger partial charge is 0.481 e. The molecule has 0 fully saturated rings. The molecule has 0 saturated carbocycles. The Labute approximate surface area is 202 Å². The number of benzene rings is 2. The number of carboxylic acid groups (broad SMARTS) is 1. The summed E-state index contributed by atoms with van der Waals surface area (Å²) in [5, 5.41) is 9.62. The van der Waals surface area contributed by atoms with Crippen molar-refractivity contribution in [2.45, 2.75) is 58.5 Å². The summed E-state index contributed by atoms with van der Waals surface area (Å²) in [5.74, 6) is -0.618. The molecule has 3 rings (SSSR count). The fourth-order valence-electron chi connectivity index (χ4n) is 3.77. The maximum Gasteiger partial charge on any atom is 0.416 e. The molecule has 7 heteroatoms. The van der Waals surface area contributed by atoms with Gasteiger partial charge in [-0.15, -0.1) is 11.3 Å². The first-order valence-corrected chi connectivity index (χ1v) is 11.9. The van der Waals surface area contributed by atoms with E-state index < -0.39 is 17.7 Å². The summed E-state index contributed by atoms with van der Waals surface area (Å²) < 4.78 is 38.7. The van der Waals surface area contributed by atoms with Gasteiger partial charge >= 0.3 is 12.1 Å². The molecule has 0 aliphatic rings. The van der Waals surface area contributed by atoms with Crippen LogP contribution in [0.25, 0.3) is 16.1 Å². The van der Waals surface area contributed by atoms with Crippen LogP contribution in [0.15, 0.2) is 49.0 Å². The predicted molar refractivity (Wildman–Crippen MR) is 131 cm³/mol. The monoisotopic (exact) mass is 487 g/mol. The van der Waals surface area contributed by atoms with Crippen molar-refractivity contribution >= 4 is 22.9 Å². The summed E-state index contributed by atoms with van der Waals surface area (Å²) in [6.07, 6.45) is -2.29. The fourth-order valence-corrected chi connectivity index (χ4v) is 4.99. The smallest absolute Gasteiger partial charge is 0.416 e. The molecule has 1 N–H and O–H groups in total. The number of allylic oxidation sites excluding steroid dienone is 1. The summed E-state index contributed by atoms with van der Waals surface area (Å²) in [7, 11) is 0. The van der Waals surface area contributed by atoms with E-state index in [2.05, 4.69) is 20.4 Å². The molecule has 34 heavy (non-hydrogen) atoms. The second-order valence-electron chi connectivity index (χ2n) is 8.70. The van der Waals surface area contributed by atoms with E-state index in [4.69, 9.17) is 10.1 Å². The Kier molecular flexibility index (Phi) is 7.97. The maximum atomic E-state index is 12.9. The SMILES string of the molecule is C=C(CCc1sc(-c2ccc(C(F)(F)F)cc2)nc1C(C)C)c1ccc(CCC(=O)O)c(C)c1. The number of thiazole rings is 1. The molecule has 0 aliphatic heterocycles. The van der Waals surface area contributed by atoms with Crippen molar-refractivity contribution in [3.8, 4) is 10.6 Å². The van der Waals surface area contributed by atoms with E-state index in [-0.39, 0.29) is 12.3 Å². The first-order chi connectivity index (χ1) is 16.0. The molecule has 0 bridgehead atoms. The number of halogens is 3. The Bertz CT molecular complexity index is 1180. The molecule has 0 amide bonds. The van der Waals surface area contributed by atoms with Gasteiger partial charge in [-0.2, -0.15) is 13.2 Å². The highest BCUT2D eigenvalue weighted by Crippen LogP contribution is 2.36. The van der Waals surface area contributed by atoms with Crippen LogP contribution in [-0.4, -0.2) is 16.1 Å². The number of nitrogens with zero attached hydrogens (tertiary/aromatic N) is 1. The van der Waals surface area contributed by atoms with Crippen molar-refractivity contribution < 1.29 is 23.1 Å². The van der Waals surface area contributed by atoms with Crippen molar-refractivity contribution in [1.82, 2.24) is 4.98 Å². The van der Waals surface area contributed by atoms with E-state index in [9.17, 15) is 18.0 Å². The minimum Gasteiger partial charge on any atom is -0.481 e. The zero-order valence-corrected chi connectivity index (χ0v) is 20.3. The zero-order chi connectivity index (χ0) is 25.0. The maximum absolute atomic E-state index is 12.9. The number of carboxylic acids is 1. The normalized spacial score (nSPS) is 11.7. The second-order valence-corrected chi connectivity index (χ2v) is 9.78. The predicted octanol–water partition coefficient (Wildman–Crippen LogP) is 7.92. The summed E-state index contributed by atoms with van der Waals surface area (Å²) in [6, 6.07) is 11.1. The summed E-state index contributed by atoms with van der Waals surface area (Å²) >= 11 is 1.52. The van der Waals surface area contributed by atoms with E-state index in [1.807, 2.05) is 25.1 Å². The van der Waals surface area contributed by atoms with E-state index in [1.165, 1.54) is 23.5 Å². The van der Waals surface area contributed by atoms with Crippen LogP contribution >= 0.6 is 11.3 Å². The Morgan fingerprint density at radius 2 is 1.76 bits per heavy atom. The minimum absolute atomic E-state index is 0.103. The van der Waals surface area contributed by atoms with Gasteiger partial charge in [0, 0.05) is 16.9 Å². The Morgan fingerprint density at radius 3 is 2.32 bits per heavy atom. The van der Waals surface area contributed by atoms with Crippen LogP contribution in [0.2, 0.25) is 0 Å². The highest BCUT2D eigenvalue weighted by atomic mass is 32.1. The lowest BCUT2D eigenvalue weighted by Crippen LogP contribution is -2.03. The van der Waals surface area contributed by atoms with Gasteiger partial charge < -0.3 is 5.11 Å². The third kappa shape index (κ3) is 6.35. The molecule has 2 aromatic carbocycles. The lowest BCUT2D eigenvalue weighted by atomic mass is 9.95. The summed E-state index contributed by atoms with van der Waals surface area (Å²) in [5.41, 5.74) is 5.04. The number of rotatable bonds is 9. The van der Waals surface area contributed by atoms with Gasteiger partial charge in [-0.25, -0.2) is 4.98 Å². The molecule has 0 radical (unpaired) electrons. The molecule has 1 heterocycles. The van der Waals surface area contributed by atoms with Crippen LogP contribution in [-0.2, 0) is 23.8 Å². The molecule has 0 saturated heterocycles. The molecule has 0 aliphatic carbocycles. The van der Waals surface area contributed by atoms with Crippen molar-refractivity contribution in [1.29, 1.82) is 0 Å². The van der Waals surface area contributed by atoms with Gasteiger partial charge in [0.2, 0.25) is 0 Å². The van der Waals surface area contributed by atoms with Crippen LogP contribution in [0, 0.1) is 6.92 Å². The lowest BCUT2D eigenvalue weighted by Gasteiger charge is -2.11. The Balaban J connectivity index is 1.74. The average Bonchev–Trinajstić information content (AvgIpc) is 3.20. The third-order valence-corrected chi connectivity index (χ3v) is 6.93. The molecule has 1 aromatic heterocycles. The van der Waals surface area contributed by atoms with Crippen LogP contribution < -0.4 is 0 Å². The fraction of sp³-hybridized carbons (Fsp3) is 0.333. The highest BCUT2D eigenvalue weighted by molar-refractivity contribution is 7.15. The first kappa shape index (κ1) is 25.7. The molecule has 3 aromatic rings. The molecular weight excluding hydrogens is 459 g/mol. The second kappa shape index (κ2) is 10.6. The molecule has 0 unspecified atom stereocenters. The molecular formula is C27H28F3NO2S. The zero-order valence-electron chi connectivity index (χ0n) is 19.5. The molecule has 180 valence electrons. The van der Waals surface area contributed by atoms with Gasteiger partial charge in [0.25, 0.3) is 0 Å². The summed E-state index contributed by atoms with van der Waals surface area (Å²) in [4.78, 5) is 16.7. The van der Waals surface area contributed by atoms with E-state index in [1.54, 1.807) is 0 Å². The highest BCUT2D eigenvalue weighted by Gasteiger charge is 2.30. The number of aromatic nitrogens is 1. The van der Waals surface area contributed by atoms with Crippen LogP contribution in [0.1, 0.15) is 65.4 Å². The van der Waals surface area contributed by atoms with Crippen molar-refractivity contribution in [3.63, 3.8) is 0 Å². The first-order valence-electron chi connectivity index (χ1n) is 11.1. The number of aryl methyl sites for hydroxylation is 3. The molecule has 0 spiro atoms. The number of alkyl halides is 3. The van der Waals surface area contributed by atoms with Gasteiger partial charge in [0.1, 0.15) is 5.01 Å². The van der Waals surface area contributed by atoms with Gasteiger partial charge in [-0.05, 0) is 66.5 Å². The van der Waals surface area contributed by atoms with Gasteiger partial charge in [-0.1, -0.05) is 50.8 Å². The summed E-state index contributed by atoms with van der Waals surface area (Å²) in [6.45, 7) is 10.3. The van der Waals surface area contributed by atoms with E-state index >= 15 is 0 Å². The standard InChI is InChI=1S/C27H28F3NO2S/c1-16(2)25-23(34-26(31-25)20-8-11-22(12-9-20)27(28,29)30)13-5-17(3)21-7-6-19(18(4)15-21)10-14-24(32)33/h6-9,11-12,15-16H,3,5,10,13-14H2,1-2,4H3,(H,32,33). The number of hydrogen-bond acceptors (Lipinski definition) is 3. The molecule has 0 atom stereocenters. The number of aliphatic carboxylic acids is 1. The van der Waals surface area contributed by atoms with Crippen molar-refractivity contribution in [3.05, 3.63) is 81.9 Å². The van der Waals surface area contributed by atoms with Gasteiger partial charge in [-0.3, -0.25) is 4.79 Å². The van der Waals surface area contributed by atoms with Crippen LogP contribution in [0.4, 0.5) is 13.2 Å². The van der Waals surface area contributed by atoms with Crippen molar-refractivity contribution in [2.75, 3.05) is 0 Å². The van der Waals surface area contributed by atoms with Gasteiger partial charge in [0.05, 0.1) is 11.3 Å². The topological polar surface area (TPSA) is 50.2 Å². The minimum atomic E-state index is -4.36. The quantitative estimate of drug-likeness (QED) is 0.333.